The molecule has 0 saturated carbocycles. The molecule has 0 fully saturated rings. The lowest BCUT2D eigenvalue weighted by molar-refractivity contribution is -0.141. The molecule has 4 N–H and O–H groups in total. The Hall–Kier alpha value is -0.570. The van der Waals surface area contributed by atoms with Crippen molar-refractivity contribution in [3.63, 3.8) is 0 Å². The van der Waals surface area contributed by atoms with Gasteiger partial charge in [-0.1, -0.05) is 0 Å². The number of carbonyl (C=O) groups excluding carboxylic acids is 1. The number of hydrogen-bond acceptors (Lipinski definition) is 7. The summed E-state index contributed by atoms with van der Waals surface area (Å²) in [5.41, 5.74) is 0. The number of rotatable bonds is 10. The lowest BCUT2D eigenvalue weighted by atomic mass is 10.0. The van der Waals surface area contributed by atoms with E-state index in [-0.39, 0.29) is 13.0 Å². The molecule has 0 radical (unpaired) electrons. The van der Waals surface area contributed by atoms with Crippen LogP contribution in [0.2, 0.25) is 0 Å². The Balaban J connectivity index is 3.81. The molecule has 0 saturated heterocycles. The molecule has 0 aliphatic rings. The second kappa shape index (κ2) is 9.37. The number of aliphatic hydroxyl groups excluding tert-OH is 4. The molecule has 0 aromatic rings. The molecule has 3 atom stereocenters. The molecule has 18 heavy (non-hydrogen) atoms. The van der Waals surface area contributed by atoms with Crippen molar-refractivity contribution in [1.29, 1.82) is 0 Å². The predicted octanol–water partition coefficient (Wildman–Crippen LogP) is -2.40. The number of likely N-dealkylation sites (N-methyl/N-ethyl adjacent to an activating group) is 1. The van der Waals surface area contributed by atoms with Gasteiger partial charge in [-0.15, -0.1) is 0 Å². The van der Waals surface area contributed by atoms with E-state index in [0.717, 1.165) is 6.54 Å². The Morgan fingerprint density at radius 3 is 2.33 bits per heavy atom. The third-order valence-corrected chi connectivity index (χ3v) is 2.41. The Morgan fingerprint density at radius 2 is 1.83 bits per heavy atom. The highest BCUT2D eigenvalue weighted by molar-refractivity contribution is 5.83. The van der Waals surface area contributed by atoms with Crippen LogP contribution >= 0.6 is 0 Å². The van der Waals surface area contributed by atoms with Crippen LogP contribution in [0.1, 0.15) is 6.42 Å². The first kappa shape index (κ1) is 17.4. The quantitative estimate of drug-likeness (QED) is 0.326. The van der Waals surface area contributed by atoms with Crippen LogP contribution in [-0.4, -0.2) is 89.9 Å². The summed E-state index contributed by atoms with van der Waals surface area (Å²) in [6.45, 7) is 0.622. The maximum absolute atomic E-state index is 11.4. The second-order valence-electron chi connectivity index (χ2n) is 4.32. The molecule has 0 bridgehead atoms. The van der Waals surface area contributed by atoms with Crippen LogP contribution in [0, 0.1) is 0 Å². The first-order valence-corrected chi connectivity index (χ1v) is 5.80. The first-order valence-electron chi connectivity index (χ1n) is 5.80. The fraction of sp³-hybridized carbons (Fsp3) is 0.909. The van der Waals surface area contributed by atoms with E-state index in [2.05, 4.69) is 0 Å². The summed E-state index contributed by atoms with van der Waals surface area (Å²) >= 11 is 0. The van der Waals surface area contributed by atoms with Gasteiger partial charge in [-0.2, -0.15) is 0 Å². The number of nitrogens with zero attached hydrogens (tertiary/aromatic N) is 1. The maximum atomic E-state index is 11.4. The Morgan fingerprint density at radius 1 is 1.22 bits per heavy atom. The van der Waals surface area contributed by atoms with Gasteiger partial charge in [0.2, 0.25) is 0 Å². The average Bonchev–Trinajstić information content (AvgIpc) is 2.34. The smallest absolute Gasteiger partial charge is 0.166 e. The largest absolute Gasteiger partial charge is 0.394 e. The van der Waals surface area contributed by atoms with Crippen LogP contribution < -0.4 is 0 Å². The standard InChI is InChI=1S/C11H23NO6/c1-12(2)4-6-18-5-3-8(14)10(16)11(17)9(15)7-13/h9-11,13,15-17H,3-7H2,1-2H3/t9-,10+,11-/m1/s1. The van der Waals surface area contributed by atoms with Crippen LogP contribution in [0.5, 0.6) is 0 Å². The van der Waals surface area contributed by atoms with Crippen molar-refractivity contribution in [2.75, 3.05) is 40.5 Å². The summed E-state index contributed by atoms with van der Waals surface area (Å²) in [7, 11) is 3.79. The molecule has 0 spiro atoms. The molecule has 0 rings (SSSR count). The van der Waals surface area contributed by atoms with E-state index in [9.17, 15) is 15.0 Å². The highest BCUT2D eigenvalue weighted by Crippen LogP contribution is 2.03. The fourth-order valence-electron chi connectivity index (χ4n) is 1.18. The molecule has 108 valence electrons. The normalized spacial score (nSPS) is 16.6. The molecule has 0 aliphatic heterocycles. The van der Waals surface area contributed by atoms with Crippen LogP contribution in [0.3, 0.4) is 0 Å². The van der Waals surface area contributed by atoms with Crippen molar-refractivity contribution in [3.05, 3.63) is 0 Å². The van der Waals surface area contributed by atoms with E-state index < -0.39 is 30.7 Å². The van der Waals surface area contributed by atoms with Gasteiger partial charge in [-0.3, -0.25) is 4.79 Å². The summed E-state index contributed by atoms with van der Waals surface area (Å²) < 4.78 is 5.16. The summed E-state index contributed by atoms with van der Waals surface area (Å²) in [6, 6.07) is 0. The van der Waals surface area contributed by atoms with Crippen molar-refractivity contribution in [2.24, 2.45) is 0 Å². The minimum atomic E-state index is -1.70. The molecule has 0 aliphatic carbocycles. The first-order chi connectivity index (χ1) is 8.40. The molecule has 0 aromatic carbocycles. The van der Waals surface area contributed by atoms with Crippen molar-refractivity contribution < 1.29 is 30.0 Å². The summed E-state index contributed by atoms with van der Waals surface area (Å²) in [6.07, 6.45) is -4.96. The second-order valence-corrected chi connectivity index (χ2v) is 4.32. The third kappa shape index (κ3) is 7.00. The highest BCUT2D eigenvalue weighted by Gasteiger charge is 2.29. The zero-order valence-electron chi connectivity index (χ0n) is 10.8. The van der Waals surface area contributed by atoms with E-state index in [0.29, 0.717) is 6.61 Å². The van der Waals surface area contributed by atoms with Crippen LogP contribution in [-0.2, 0) is 9.53 Å². The van der Waals surface area contributed by atoms with Gasteiger partial charge in [0, 0.05) is 13.0 Å². The topological polar surface area (TPSA) is 110 Å². The molecular weight excluding hydrogens is 242 g/mol. The van der Waals surface area contributed by atoms with Gasteiger partial charge in [0.25, 0.3) is 0 Å². The number of ketones is 1. The Bertz CT molecular complexity index is 236. The van der Waals surface area contributed by atoms with Crippen molar-refractivity contribution >= 4 is 5.78 Å². The van der Waals surface area contributed by atoms with E-state index in [1.54, 1.807) is 0 Å². The monoisotopic (exact) mass is 265 g/mol. The van der Waals surface area contributed by atoms with E-state index >= 15 is 0 Å². The summed E-state index contributed by atoms with van der Waals surface area (Å²) in [5, 5.41) is 36.3. The number of Topliss-reactive ketones (excluding diaryl/α,β-unsaturated/α-hetero) is 1. The lowest BCUT2D eigenvalue weighted by Crippen LogP contribution is -2.44. The van der Waals surface area contributed by atoms with Gasteiger partial charge in [0.1, 0.15) is 18.3 Å². The lowest BCUT2D eigenvalue weighted by Gasteiger charge is -2.20. The van der Waals surface area contributed by atoms with E-state index in [4.69, 9.17) is 14.9 Å². The maximum Gasteiger partial charge on any atom is 0.166 e. The van der Waals surface area contributed by atoms with Gasteiger partial charge < -0.3 is 30.1 Å². The van der Waals surface area contributed by atoms with Crippen molar-refractivity contribution in [3.8, 4) is 0 Å². The zero-order valence-corrected chi connectivity index (χ0v) is 10.8. The molecule has 0 heterocycles. The summed E-state index contributed by atoms with van der Waals surface area (Å²) in [4.78, 5) is 13.3. The number of hydrogen-bond donors (Lipinski definition) is 4. The molecule has 7 heteroatoms. The molecule has 0 amide bonds. The van der Waals surface area contributed by atoms with Crippen molar-refractivity contribution in [2.45, 2.75) is 24.7 Å². The minimum Gasteiger partial charge on any atom is -0.394 e. The average molecular weight is 265 g/mol. The minimum absolute atomic E-state index is 0.0518. The number of carbonyl (C=O) groups is 1. The SMILES string of the molecule is CN(C)CCOCCC(=O)[C@H](O)[C@H](O)[C@H](O)CO. The number of aliphatic hydroxyl groups is 4. The van der Waals surface area contributed by atoms with Gasteiger partial charge >= 0.3 is 0 Å². The molecule has 7 nitrogen and oxygen atoms in total. The van der Waals surface area contributed by atoms with Crippen molar-refractivity contribution in [1.82, 2.24) is 4.90 Å². The third-order valence-electron chi connectivity index (χ3n) is 2.41. The summed E-state index contributed by atoms with van der Waals surface area (Å²) in [5.74, 6) is -0.625. The van der Waals surface area contributed by atoms with Gasteiger partial charge in [-0.05, 0) is 14.1 Å². The predicted molar refractivity (Wildman–Crippen MR) is 64.1 cm³/mol. The van der Waals surface area contributed by atoms with Gasteiger partial charge in [0.15, 0.2) is 5.78 Å². The Labute approximate surface area is 107 Å². The Kier molecular flexibility index (Phi) is 9.08. The molecular formula is C11H23NO6. The van der Waals surface area contributed by atoms with Gasteiger partial charge in [0.05, 0.1) is 19.8 Å². The van der Waals surface area contributed by atoms with Crippen LogP contribution in [0.15, 0.2) is 0 Å². The van der Waals surface area contributed by atoms with Crippen LogP contribution in [0.25, 0.3) is 0 Å². The highest BCUT2D eigenvalue weighted by atomic mass is 16.5. The van der Waals surface area contributed by atoms with Gasteiger partial charge in [-0.25, -0.2) is 0 Å². The van der Waals surface area contributed by atoms with E-state index in [1.165, 1.54) is 0 Å². The number of ether oxygens (including phenoxy) is 1. The van der Waals surface area contributed by atoms with Crippen LogP contribution in [0.4, 0.5) is 0 Å². The molecule has 0 unspecified atom stereocenters. The molecule has 0 aromatic heterocycles. The zero-order chi connectivity index (χ0) is 14.1. The fourth-order valence-corrected chi connectivity index (χ4v) is 1.18. The van der Waals surface area contributed by atoms with E-state index in [1.807, 2.05) is 19.0 Å².